The molecule has 4 N–H and O–H groups in total. The Morgan fingerprint density at radius 3 is 2.45 bits per heavy atom. The Bertz CT molecular complexity index is 402. The third kappa shape index (κ3) is 6.54. The van der Waals surface area contributed by atoms with Gasteiger partial charge >= 0.3 is 6.03 Å². The molecule has 0 heterocycles. The van der Waals surface area contributed by atoms with Gasteiger partial charge in [0.1, 0.15) is 0 Å². The zero-order valence-electron chi connectivity index (χ0n) is 12.5. The number of rotatable bonds is 7. The number of hydrogen-bond acceptors (Lipinski definition) is 3. The molecule has 1 rings (SSSR count). The highest BCUT2D eigenvalue weighted by Gasteiger charge is 2.03. The van der Waals surface area contributed by atoms with Crippen molar-refractivity contribution in [3.63, 3.8) is 0 Å². The van der Waals surface area contributed by atoms with Gasteiger partial charge < -0.3 is 21.1 Å². The number of anilines is 1. The number of carbonyl (C=O) groups excluding carboxylic acids is 1. The van der Waals surface area contributed by atoms with Gasteiger partial charge in [0.25, 0.3) is 0 Å². The van der Waals surface area contributed by atoms with Crippen molar-refractivity contribution in [2.24, 2.45) is 11.7 Å². The molecule has 0 aliphatic rings. The van der Waals surface area contributed by atoms with Crippen molar-refractivity contribution in [2.75, 3.05) is 25.1 Å². The maximum absolute atomic E-state index is 11.6. The van der Waals surface area contributed by atoms with Gasteiger partial charge in [-0.3, -0.25) is 0 Å². The molecule has 5 nitrogen and oxygen atoms in total. The zero-order valence-corrected chi connectivity index (χ0v) is 12.5. The Morgan fingerprint density at radius 2 is 1.90 bits per heavy atom. The van der Waals surface area contributed by atoms with E-state index in [4.69, 9.17) is 10.5 Å². The molecule has 0 radical (unpaired) electrons. The summed E-state index contributed by atoms with van der Waals surface area (Å²) in [6.45, 7) is 7.83. The molecule has 2 amide bonds. The summed E-state index contributed by atoms with van der Waals surface area (Å²) in [4.78, 5) is 11.6. The Kier molecular flexibility index (Phi) is 7.04. The fourth-order valence-corrected chi connectivity index (χ4v) is 1.60. The van der Waals surface area contributed by atoms with Gasteiger partial charge in [0, 0.05) is 24.9 Å². The van der Waals surface area contributed by atoms with Crippen molar-refractivity contribution in [2.45, 2.75) is 26.8 Å². The van der Waals surface area contributed by atoms with Crippen LogP contribution in [0.15, 0.2) is 24.3 Å². The molecule has 1 aromatic carbocycles. The third-order valence-electron chi connectivity index (χ3n) is 2.68. The maximum atomic E-state index is 11.6. The maximum Gasteiger partial charge on any atom is 0.319 e. The van der Waals surface area contributed by atoms with E-state index in [9.17, 15) is 4.79 Å². The van der Waals surface area contributed by atoms with Crippen molar-refractivity contribution in [1.82, 2.24) is 5.32 Å². The number of carbonyl (C=O) groups is 1. The molecule has 20 heavy (non-hydrogen) atoms. The van der Waals surface area contributed by atoms with Crippen LogP contribution < -0.4 is 16.4 Å². The Labute approximate surface area is 120 Å². The highest BCUT2D eigenvalue weighted by molar-refractivity contribution is 5.89. The number of urea groups is 1. The minimum Gasteiger partial charge on any atom is -0.379 e. The van der Waals surface area contributed by atoms with Crippen LogP contribution in [0, 0.1) is 5.92 Å². The van der Waals surface area contributed by atoms with E-state index in [0.29, 0.717) is 25.7 Å². The van der Waals surface area contributed by atoms with Gasteiger partial charge in [-0.05, 0) is 30.5 Å². The van der Waals surface area contributed by atoms with Gasteiger partial charge in [0.2, 0.25) is 0 Å². The zero-order chi connectivity index (χ0) is 15.0. The average molecular weight is 279 g/mol. The highest BCUT2D eigenvalue weighted by atomic mass is 16.5. The van der Waals surface area contributed by atoms with Gasteiger partial charge in [-0.2, -0.15) is 0 Å². The Balaban J connectivity index is 2.25. The number of ether oxygens (including phenoxy) is 1. The van der Waals surface area contributed by atoms with E-state index in [0.717, 1.165) is 11.3 Å². The summed E-state index contributed by atoms with van der Waals surface area (Å²) in [6, 6.07) is 7.27. The molecule has 5 heteroatoms. The number of nitrogens with one attached hydrogen (secondary N) is 2. The third-order valence-corrected chi connectivity index (χ3v) is 2.68. The standard InChI is InChI=1S/C15H25N3O2/c1-11(2)10-20-9-8-17-15(19)18-14-6-4-13(5-7-14)12(3)16/h4-7,11-12H,8-10,16H2,1-3H3,(H2,17,18,19). The Hall–Kier alpha value is -1.59. The van der Waals surface area contributed by atoms with Crippen LogP contribution in [0.5, 0.6) is 0 Å². The van der Waals surface area contributed by atoms with Crippen molar-refractivity contribution in [3.05, 3.63) is 29.8 Å². The SMILES string of the molecule is CC(C)COCCNC(=O)Nc1ccc(C(C)N)cc1. The smallest absolute Gasteiger partial charge is 0.319 e. The summed E-state index contributed by atoms with van der Waals surface area (Å²) >= 11 is 0. The molecule has 0 fully saturated rings. The van der Waals surface area contributed by atoms with Gasteiger partial charge in [0.15, 0.2) is 0 Å². The lowest BCUT2D eigenvalue weighted by atomic mass is 10.1. The number of hydrogen-bond donors (Lipinski definition) is 3. The lowest BCUT2D eigenvalue weighted by Crippen LogP contribution is -2.31. The normalized spacial score (nSPS) is 12.2. The van der Waals surface area contributed by atoms with Crippen LogP contribution in [0.3, 0.4) is 0 Å². The molecule has 1 aromatic rings. The minimum atomic E-state index is -0.230. The van der Waals surface area contributed by atoms with Gasteiger partial charge in [0.05, 0.1) is 6.61 Å². The van der Waals surface area contributed by atoms with E-state index in [-0.39, 0.29) is 12.1 Å². The first-order valence-electron chi connectivity index (χ1n) is 6.97. The second kappa shape index (κ2) is 8.55. The topological polar surface area (TPSA) is 76.4 Å². The van der Waals surface area contributed by atoms with Crippen LogP contribution in [-0.4, -0.2) is 25.8 Å². The molecular weight excluding hydrogens is 254 g/mol. The van der Waals surface area contributed by atoms with Crippen LogP contribution in [0.4, 0.5) is 10.5 Å². The lowest BCUT2D eigenvalue weighted by Gasteiger charge is -2.10. The Morgan fingerprint density at radius 1 is 1.25 bits per heavy atom. The van der Waals surface area contributed by atoms with E-state index in [1.54, 1.807) is 0 Å². The van der Waals surface area contributed by atoms with Crippen LogP contribution in [0.2, 0.25) is 0 Å². The molecule has 0 aromatic heterocycles. The van der Waals surface area contributed by atoms with E-state index in [2.05, 4.69) is 24.5 Å². The summed E-state index contributed by atoms with van der Waals surface area (Å²) in [5.74, 6) is 0.507. The fraction of sp³-hybridized carbons (Fsp3) is 0.533. The monoisotopic (exact) mass is 279 g/mol. The van der Waals surface area contributed by atoms with Gasteiger partial charge in [-0.25, -0.2) is 4.79 Å². The van der Waals surface area contributed by atoms with Crippen molar-refractivity contribution < 1.29 is 9.53 Å². The van der Waals surface area contributed by atoms with E-state index < -0.39 is 0 Å². The van der Waals surface area contributed by atoms with Crippen molar-refractivity contribution >= 4 is 11.7 Å². The predicted molar refractivity (Wildman–Crippen MR) is 81.7 cm³/mol. The number of nitrogens with two attached hydrogens (primary N) is 1. The van der Waals surface area contributed by atoms with E-state index in [1.807, 2.05) is 31.2 Å². The van der Waals surface area contributed by atoms with Gasteiger partial charge in [-0.15, -0.1) is 0 Å². The summed E-state index contributed by atoms with van der Waals surface area (Å²) < 4.78 is 5.38. The molecule has 0 bridgehead atoms. The molecular formula is C15H25N3O2. The molecule has 0 aliphatic heterocycles. The number of benzene rings is 1. The lowest BCUT2D eigenvalue weighted by molar-refractivity contribution is 0.113. The van der Waals surface area contributed by atoms with E-state index in [1.165, 1.54) is 0 Å². The first kappa shape index (κ1) is 16.5. The van der Waals surface area contributed by atoms with Crippen molar-refractivity contribution in [3.8, 4) is 0 Å². The second-order valence-corrected chi connectivity index (χ2v) is 5.26. The van der Waals surface area contributed by atoms with Crippen LogP contribution in [0.1, 0.15) is 32.4 Å². The summed E-state index contributed by atoms with van der Waals surface area (Å²) in [7, 11) is 0. The molecule has 1 atom stereocenters. The predicted octanol–water partition coefficient (Wildman–Crippen LogP) is 2.50. The molecule has 1 unspecified atom stereocenters. The average Bonchev–Trinajstić information content (AvgIpc) is 2.38. The second-order valence-electron chi connectivity index (χ2n) is 5.26. The molecule has 112 valence electrons. The molecule has 0 saturated carbocycles. The number of amides is 2. The summed E-state index contributed by atoms with van der Waals surface area (Å²) in [5.41, 5.74) is 7.55. The largest absolute Gasteiger partial charge is 0.379 e. The summed E-state index contributed by atoms with van der Waals surface area (Å²) in [5, 5.41) is 5.50. The quantitative estimate of drug-likeness (QED) is 0.671. The molecule has 0 saturated heterocycles. The van der Waals surface area contributed by atoms with Crippen LogP contribution >= 0.6 is 0 Å². The summed E-state index contributed by atoms with van der Waals surface area (Å²) in [6.07, 6.45) is 0. The fourth-order valence-electron chi connectivity index (χ4n) is 1.60. The first-order valence-corrected chi connectivity index (χ1v) is 6.97. The van der Waals surface area contributed by atoms with Crippen LogP contribution in [-0.2, 0) is 4.74 Å². The van der Waals surface area contributed by atoms with Crippen molar-refractivity contribution in [1.29, 1.82) is 0 Å². The van der Waals surface area contributed by atoms with E-state index >= 15 is 0 Å². The highest BCUT2D eigenvalue weighted by Crippen LogP contribution is 2.13. The minimum absolute atomic E-state index is 0.00372. The molecule has 0 spiro atoms. The van der Waals surface area contributed by atoms with Crippen LogP contribution in [0.25, 0.3) is 0 Å². The first-order chi connectivity index (χ1) is 9.49. The van der Waals surface area contributed by atoms with Gasteiger partial charge in [-0.1, -0.05) is 26.0 Å². The molecule has 0 aliphatic carbocycles.